The Bertz CT molecular complexity index is 1630. The van der Waals surface area contributed by atoms with Crippen molar-refractivity contribution >= 4 is 29.1 Å². The van der Waals surface area contributed by atoms with Crippen LogP contribution in [0, 0.1) is 0 Å². The summed E-state index contributed by atoms with van der Waals surface area (Å²) in [5, 5.41) is 13.5. The van der Waals surface area contributed by atoms with Gasteiger partial charge in [0.25, 0.3) is 5.91 Å². The lowest BCUT2D eigenvalue weighted by molar-refractivity contribution is -0.120. The fourth-order valence-corrected chi connectivity index (χ4v) is 6.18. The molecule has 0 fully saturated rings. The van der Waals surface area contributed by atoms with Gasteiger partial charge >= 0.3 is 0 Å². The highest BCUT2D eigenvalue weighted by molar-refractivity contribution is 6.06. The number of nitrogens with one attached hydrogen (secondary N) is 3. The number of H-pyrrole nitrogens is 1. The van der Waals surface area contributed by atoms with Crippen LogP contribution >= 0.6 is 0 Å². The lowest BCUT2D eigenvalue weighted by Crippen LogP contribution is -2.45. The van der Waals surface area contributed by atoms with Crippen LogP contribution in [0.5, 0.6) is 0 Å². The second-order valence-corrected chi connectivity index (χ2v) is 11.0. The van der Waals surface area contributed by atoms with E-state index in [9.17, 15) is 9.59 Å². The lowest BCUT2D eigenvalue weighted by Gasteiger charge is -2.37. The standard InChI is InChI=1S/C28H26N8O2/c1-27(2)14-36(13-18-12-32-35-23(18)27)25(37)21-9-22(31-15-30-21)33-19-6-5-16-10-28(11-17(16)8-19)20-4-3-7-29-24(20)34-26(28)38/h3-9,12,15H,10-11,13-14H2,1-2H3,(H,32,35)(H,29,34,38)(H,30,31,33). The first kappa shape index (κ1) is 22.6. The Labute approximate surface area is 218 Å². The first-order valence-electron chi connectivity index (χ1n) is 12.6. The molecule has 190 valence electrons. The number of rotatable bonds is 3. The molecule has 0 radical (unpaired) electrons. The summed E-state index contributed by atoms with van der Waals surface area (Å²) in [6.45, 7) is 5.24. The van der Waals surface area contributed by atoms with E-state index < -0.39 is 5.41 Å². The number of nitrogens with zero attached hydrogens (tertiary/aromatic N) is 5. The van der Waals surface area contributed by atoms with Crippen molar-refractivity contribution < 1.29 is 9.59 Å². The molecule has 3 aromatic heterocycles. The predicted octanol–water partition coefficient (Wildman–Crippen LogP) is 3.26. The van der Waals surface area contributed by atoms with Gasteiger partial charge in [-0.25, -0.2) is 15.0 Å². The molecule has 5 heterocycles. The van der Waals surface area contributed by atoms with Gasteiger partial charge in [0.05, 0.1) is 11.6 Å². The zero-order chi connectivity index (χ0) is 26.1. The Kier molecular flexibility index (Phi) is 4.72. The number of anilines is 3. The van der Waals surface area contributed by atoms with Crippen LogP contribution in [-0.2, 0) is 35.0 Å². The molecule has 3 aliphatic rings. The number of hydrogen-bond donors (Lipinski definition) is 3. The van der Waals surface area contributed by atoms with E-state index in [4.69, 9.17) is 0 Å². The van der Waals surface area contributed by atoms with Crippen molar-refractivity contribution in [3.05, 3.63) is 88.8 Å². The van der Waals surface area contributed by atoms with E-state index in [1.807, 2.05) is 18.2 Å². The number of carbonyl (C=O) groups excluding carboxylic acids is 2. The molecule has 7 rings (SSSR count). The molecular weight excluding hydrogens is 480 g/mol. The number of benzene rings is 1. The molecule has 1 unspecified atom stereocenters. The van der Waals surface area contributed by atoms with Gasteiger partial charge in [0.2, 0.25) is 5.91 Å². The van der Waals surface area contributed by atoms with E-state index in [0.29, 0.717) is 43.3 Å². The Hall–Kier alpha value is -4.60. The third-order valence-corrected chi connectivity index (χ3v) is 7.97. The highest BCUT2D eigenvalue weighted by Gasteiger charge is 2.51. The quantitative estimate of drug-likeness (QED) is 0.389. The Morgan fingerprint density at radius 2 is 1.92 bits per heavy atom. The number of aromatic amines is 1. The minimum atomic E-state index is -0.615. The van der Waals surface area contributed by atoms with Crippen LogP contribution in [0.15, 0.2) is 55.1 Å². The maximum Gasteiger partial charge on any atom is 0.272 e. The molecule has 38 heavy (non-hydrogen) atoms. The topological polar surface area (TPSA) is 129 Å². The Morgan fingerprint density at radius 1 is 1.05 bits per heavy atom. The van der Waals surface area contributed by atoms with E-state index in [2.05, 4.69) is 61.8 Å². The number of fused-ring (bicyclic) bond motifs is 4. The van der Waals surface area contributed by atoms with Gasteiger partial charge in [0, 0.05) is 53.3 Å². The summed E-state index contributed by atoms with van der Waals surface area (Å²) in [6, 6.07) is 11.6. The van der Waals surface area contributed by atoms with Crippen LogP contribution < -0.4 is 10.6 Å². The molecule has 2 aliphatic heterocycles. The molecule has 0 saturated carbocycles. The van der Waals surface area contributed by atoms with Crippen molar-refractivity contribution in [3.63, 3.8) is 0 Å². The van der Waals surface area contributed by atoms with Crippen LogP contribution in [0.2, 0.25) is 0 Å². The summed E-state index contributed by atoms with van der Waals surface area (Å²) < 4.78 is 0. The molecule has 2 amide bonds. The van der Waals surface area contributed by atoms with Crippen LogP contribution in [0.3, 0.4) is 0 Å². The SMILES string of the molecule is CC1(C)CN(C(=O)c2cc(Nc3ccc4c(c3)CC3(C4)C(=O)Nc4ncccc43)ncn2)Cc2cn[nH]c21. The van der Waals surface area contributed by atoms with E-state index in [1.54, 1.807) is 23.4 Å². The summed E-state index contributed by atoms with van der Waals surface area (Å²) >= 11 is 0. The molecule has 10 heteroatoms. The zero-order valence-electron chi connectivity index (χ0n) is 21.1. The van der Waals surface area contributed by atoms with E-state index >= 15 is 0 Å². The molecule has 3 N–H and O–H groups in total. The van der Waals surface area contributed by atoms with Crippen LogP contribution in [0.1, 0.15) is 52.3 Å². The minimum absolute atomic E-state index is 0.000653. The summed E-state index contributed by atoms with van der Waals surface area (Å²) in [7, 11) is 0. The van der Waals surface area contributed by atoms with Gasteiger partial charge in [0.15, 0.2) is 0 Å². The number of hydrogen-bond acceptors (Lipinski definition) is 7. The summed E-state index contributed by atoms with van der Waals surface area (Å²) in [4.78, 5) is 41.1. The van der Waals surface area contributed by atoms with Gasteiger partial charge in [0.1, 0.15) is 23.7 Å². The van der Waals surface area contributed by atoms with E-state index in [0.717, 1.165) is 33.6 Å². The molecular formula is C28H26N8O2. The van der Waals surface area contributed by atoms with Crippen molar-refractivity contribution in [1.29, 1.82) is 0 Å². The average Bonchev–Trinajstić information content (AvgIpc) is 3.60. The summed E-state index contributed by atoms with van der Waals surface area (Å²) in [5.74, 6) is 1.04. The highest BCUT2D eigenvalue weighted by atomic mass is 16.2. The van der Waals surface area contributed by atoms with Crippen molar-refractivity contribution in [2.75, 3.05) is 17.2 Å². The molecule has 1 atom stereocenters. The number of pyridine rings is 1. The van der Waals surface area contributed by atoms with Gasteiger partial charge in [-0.2, -0.15) is 5.10 Å². The minimum Gasteiger partial charge on any atom is -0.340 e. The first-order valence-corrected chi connectivity index (χ1v) is 12.6. The van der Waals surface area contributed by atoms with Crippen LogP contribution in [-0.4, -0.2) is 48.4 Å². The number of amides is 2. The molecule has 10 nitrogen and oxygen atoms in total. The Morgan fingerprint density at radius 3 is 2.82 bits per heavy atom. The second-order valence-electron chi connectivity index (χ2n) is 11.0. The Balaban J connectivity index is 1.11. The van der Waals surface area contributed by atoms with Gasteiger partial charge in [-0.1, -0.05) is 26.0 Å². The molecule has 4 aromatic rings. The van der Waals surface area contributed by atoms with Crippen LogP contribution in [0.25, 0.3) is 0 Å². The number of carbonyl (C=O) groups is 2. The molecule has 0 bridgehead atoms. The fraction of sp³-hybridized carbons (Fsp3) is 0.286. The molecule has 1 aromatic carbocycles. The monoisotopic (exact) mass is 506 g/mol. The maximum absolute atomic E-state index is 13.4. The first-order chi connectivity index (χ1) is 18.3. The van der Waals surface area contributed by atoms with Gasteiger partial charge in [-0.15, -0.1) is 0 Å². The summed E-state index contributed by atoms with van der Waals surface area (Å²) in [6.07, 6.45) is 6.14. The third-order valence-electron chi connectivity index (χ3n) is 7.97. The molecule has 0 saturated heterocycles. The smallest absolute Gasteiger partial charge is 0.272 e. The predicted molar refractivity (Wildman–Crippen MR) is 140 cm³/mol. The average molecular weight is 507 g/mol. The molecule has 1 spiro atoms. The van der Waals surface area contributed by atoms with Gasteiger partial charge in [-0.3, -0.25) is 14.7 Å². The van der Waals surface area contributed by atoms with Crippen molar-refractivity contribution in [1.82, 2.24) is 30.0 Å². The number of aromatic nitrogens is 5. The van der Waals surface area contributed by atoms with Gasteiger partial charge < -0.3 is 15.5 Å². The largest absolute Gasteiger partial charge is 0.340 e. The summed E-state index contributed by atoms with van der Waals surface area (Å²) in [5.41, 5.74) is 5.62. The lowest BCUT2D eigenvalue weighted by atomic mass is 9.79. The van der Waals surface area contributed by atoms with Crippen molar-refractivity contribution in [2.45, 2.75) is 44.1 Å². The van der Waals surface area contributed by atoms with Crippen molar-refractivity contribution in [2.24, 2.45) is 0 Å². The zero-order valence-corrected chi connectivity index (χ0v) is 21.1. The fourth-order valence-electron chi connectivity index (χ4n) is 6.18. The van der Waals surface area contributed by atoms with E-state index in [-0.39, 0.29) is 17.2 Å². The third kappa shape index (κ3) is 3.40. The maximum atomic E-state index is 13.4. The van der Waals surface area contributed by atoms with E-state index in [1.165, 1.54) is 6.33 Å². The van der Waals surface area contributed by atoms with Crippen molar-refractivity contribution in [3.8, 4) is 0 Å². The molecule has 1 aliphatic carbocycles. The second kappa shape index (κ2) is 7.95. The normalized spacial score (nSPS) is 20.6. The van der Waals surface area contributed by atoms with Crippen LogP contribution in [0.4, 0.5) is 17.3 Å². The van der Waals surface area contributed by atoms with Gasteiger partial charge in [-0.05, 0) is 42.2 Å². The highest BCUT2D eigenvalue weighted by Crippen LogP contribution is 2.47.